The van der Waals surface area contributed by atoms with Crippen molar-refractivity contribution < 1.29 is 9.53 Å². The van der Waals surface area contributed by atoms with Crippen LogP contribution in [0.2, 0.25) is 4.34 Å². The number of aryl methyl sites for hydroxylation is 1. The highest BCUT2D eigenvalue weighted by molar-refractivity contribution is 7.16. The SMILES string of the molecule is CCOC(=O)c1sc(C(C)NC(=NC)NCCc2ccc(Cl)s2)nc1C. The molecule has 2 rings (SSSR count). The average molecular weight is 415 g/mol. The van der Waals surface area contributed by atoms with Gasteiger partial charge in [0.05, 0.1) is 22.7 Å². The van der Waals surface area contributed by atoms with E-state index in [9.17, 15) is 4.79 Å². The number of rotatable bonds is 7. The van der Waals surface area contributed by atoms with E-state index in [-0.39, 0.29) is 12.0 Å². The summed E-state index contributed by atoms with van der Waals surface area (Å²) >= 11 is 8.88. The van der Waals surface area contributed by atoms with E-state index in [4.69, 9.17) is 16.3 Å². The van der Waals surface area contributed by atoms with Crippen molar-refractivity contribution in [2.45, 2.75) is 33.2 Å². The topological polar surface area (TPSA) is 75.6 Å². The van der Waals surface area contributed by atoms with E-state index in [0.29, 0.717) is 23.1 Å². The highest BCUT2D eigenvalue weighted by atomic mass is 35.5. The van der Waals surface area contributed by atoms with Gasteiger partial charge in [0.15, 0.2) is 5.96 Å². The van der Waals surface area contributed by atoms with Gasteiger partial charge in [0, 0.05) is 18.5 Å². The molecule has 0 aliphatic heterocycles. The number of carbonyl (C=O) groups is 1. The molecular weight excluding hydrogens is 392 g/mol. The number of esters is 1. The fraction of sp³-hybridized carbons (Fsp3) is 0.471. The minimum atomic E-state index is -0.321. The fourth-order valence-corrected chi connectivity index (χ4v) is 4.29. The van der Waals surface area contributed by atoms with Gasteiger partial charge in [-0.05, 0) is 39.3 Å². The first-order valence-corrected chi connectivity index (χ1v) is 10.3. The van der Waals surface area contributed by atoms with Crippen LogP contribution in [0, 0.1) is 6.92 Å². The largest absolute Gasteiger partial charge is 0.462 e. The third-order valence-electron chi connectivity index (χ3n) is 3.51. The summed E-state index contributed by atoms with van der Waals surface area (Å²) in [7, 11) is 1.72. The minimum Gasteiger partial charge on any atom is -0.462 e. The molecule has 1 unspecified atom stereocenters. The van der Waals surface area contributed by atoms with Crippen LogP contribution in [0.5, 0.6) is 0 Å². The van der Waals surface area contributed by atoms with Crippen LogP contribution in [0.3, 0.4) is 0 Å². The first-order chi connectivity index (χ1) is 12.4. The standard InChI is InChI=1S/C17H23ClN4O2S2/c1-5-24-16(23)14-10(2)21-15(26-14)11(3)22-17(19-4)20-9-8-12-6-7-13(18)25-12/h6-7,11H,5,8-9H2,1-4H3,(H2,19,20,22). The van der Waals surface area contributed by atoms with Crippen molar-refractivity contribution in [3.05, 3.63) is 36.9 Å². The molecule has 0 fully saturated rings. The molecule has 6 nitrogen and oxygen atoms in total. The second-order valence-electron chi connectivity index (χ2n) is 5.51. The molecule has 2 aromatic heterocycles. The van der Waals surface area contributed by atoms with Gasteiger partial charge in [-0.15, -0.1) is 22.7 Å². The molecule has 0 aromatic carbocycles. The Labute approximate surface area is 166 Å². The van der Waals surface area contributed by atoms with Gasteiger partial charge in [0.1, 0.15) is 9.88 Å². The summed E-state index contributed by atoms with van der Waals surface area (Å²) in [5, 5.41) is 7.40. The molecule has 142 valence electrons. The Balaban J connectivity index is 1.91. The van der Waals surface area contributed by atoms with E-state index >= 15 is 0 Å². The van der Waals surface area contributed by atoms with Crippen LogP contribution >= 0.6 is 34.3 Å². The number of nitrogens with one attached hydrogen (secondary N) is 2. The second kappa shape index (κ2) is 9.89. The maximum Gasteiger partial charge on any atom is 0.350 e. The highest BCUT2D eigenvalue weighted by Gasteiger charge is 2.20. The van der Waals surface area contributed by atoms with Gasteiger partial charge in [0.25, 0.3) is 0 Å². The molecule has 0 aliphatic carbocycles. The summed E-state index contributed by atoms with van der Waals surface area (Å²) in [5.74, 6) is 0.365. The van der Waals surface area contributed by atoms with E-state index < -0.39 is 0 Å². The number of thiophene rings is 1. The molecule has 0 aliphatic rings. The molecule has 0 saturated carbocycles. The van der Waals surface area contributed by atoms with Gasteiger partial charge in [0.2, 0.25) is 0 Å². The Kier molecular flexibility index (Phi) is 7.86. The molecule has 0 spiro atoms. The van der Waals surface area contributed by atoms with Crippen molar-refractivity contribution in [2.75, 3.05) is 20.2 Å². The van der Waals surface area contributed by atoms with Crippen molar-refractivity contribution in [3.63, 3.8) is 0 Å². The number of thiazole rings is 1. The summed E-state index contributed by atoms with van der Waals surface area (Å²) < 4.78 is 5.87. The number of hydrogen-bond donors (Lipinski definition) is 2. The van der Waals surface area contributed by atoms with E-state index in [2.05, 4.69) is 20.6 Å². The zero-order chi connectivity index (χ0) is 19.1. The Morgan fingerprint density at radius 2 is 2.19 bits per heavy atom. The van der Waals surface area contributed by atoms with Crippen LogP contribution in [0.1, 0.15) is 45.1 Å². The zero-order valence-corrected chi connectivity index (χ0v) is 17.6. The number of guanidine groups is 1. The molecular formula is C17H23ClN4O2S2. The minimum absolute atomic E-state index is 0.0794. The van der Waals surface area contributed by atoms with Crippen LogP contribution in [-0.4, -0.2) is 37.1 Å². The molecule has 2 aromatic rings. The summed E-state index contributed by atoms with van der Waals surface area (Å²) in [6.07, 6.45) is 0.871. The average Bonchev–Trinajstić information content (AvgIpc) is 3.19. The maximum absolute atomic E-state index is 11.9. The van der Waals surface area contributed by atoms with E-state index in [1.165, 1.54) is 16.2 Å². The smallest absolute Gasteiger partial charge is 0.350 e. The number of halogens is 1. The van der Waals surface area contributed by atoms with E-state index in [1.807, 2.05) is 26.0 Å². The summed E-state index contributed by atoms with van der Waals surface area (Å²) in [5.41, 5.74) is 0.689. The Hall–Kier alpha value is -1.64. The predicted molar refractivity (Wildman–Crippen MR) is 109 cm³/mol. The van der Waals surface area contributed by atoms with Crippen molar-refractivity contribution in [1.82, 2.24) is 15.6 Å². The first-order valence-electron chi connectivity index (χ1n) is 8.30. The zero-order valence-electron chi connectivity index (χ0n) is 15.3. The van der Waals surface area contributed by atoms with Gasteiger partial charge in [-0.3, -0.25) is 4.99 Å². The molecule has 0 bridgehead atoms. The molecule has 26 heavy (non-hydrogen) atoms. The summed E-state index contributed by atoms with van der Waals surface area (Å²) in [6, 6.07) is 3.86. The lowest BCUT2D eigenvalue weighted by molar-refractivity contribution is 0.0531. The van der Waals surface area contributed by atoms with Gasteiger partial charge in [-0.25, -0.2) is 9.78 Å². The fourth-order valence-electron chi connectivity index (χ4n) is 2.24. The lowest BCUT2D eigenvalue weighted by Crippen LogP contribution is -2.39. The van der Waals surface area contributed by atoms with Crippen LogP contribution in [0.15, 0.2) is 17.1 Å². The number of ether oxygens (including phenoxy) is 1. The molecule has 2 N–H and O–H groups in total. The highest BCUT2D eigenvalue weighted by Crippen LogP contribution is 2.24. The molecule has 0 radical (unpaired) electrons. The third kappa shape index (κ3) is 5.69. The normalized spacial score (nSPS) is 12.7. The third-order valence-corrected chi connectivity index (χ3v) is 6.13. The molecule has 0 amide bonds. The molecule has 0 saturated heterocycles. The van der Waals surface area contributed by atoms with Crippen LogP contribution in [0.25, 0.3) is 0 Å². The van der Waals surface area contributed by atoms with E-state index in [1.54, 1.807) is 25.3 Å². The van der Waals surface area contributed by atoms with Crippen LogP contribution in [0.4, 0.5) is 0 Å². The van der Waals surface area contributed by atoms with E-state index in [0.717, 1.165) is 22.3 Å². The quantitative estimate of drug-likeness (QED) is 0.409. The Bertz CT molecular complexity index is 773. The number of carbonyl (C=O) groups excluding carboxylic acids is 1. The van der Waals surface area contributed by atoms with Crippen molar-refractivity contribution in [2.24, 2.45) is 4.99 Å². The number of aliphatic imine (C=N–C) groups is 1. The van der Waals surface area contributed by atoms with Crippen LogP contribution in [-0.2, 0) is 11.2 Å². The number of nitrogens with zero attached hydrogens (tertiary/aromatic N) is 2. The van der Waals surface area contributed by atoms with Crippen LogP contribution < -0.4 is 10.6 Å². The molecule has 2 heterocycles. The first kappa shape index (κ1) is 20.7. The maximum atomic E-state index is 11.9. The van der Waals surface area contributed by atoms with Gasteiger partial charge >= 0.3 is 5.97 Å². The monoisotopic (exact) mass is 414 g/mol. The Morgan fingerprint density at radius 1 is 1.42 bits per heavy atom. The molecule has 9 heteroatoms. The summed E-state index contributed by atoms with van der Waals surface area (Å²) in [6.45, 7) is 6.69. The van der Waals surface area contributed by atoms with Gasteiger partial charge in [-0.2, -0.15) is 0 Å². The van der Waals surface area contributed by atoms with Crippen molar-refractivity contribution in [1.29, 1.82) is 0 Å². The van der Waals surface area contributed by atoms with Gasteiger partial charge < -0.3 is 15.4 Å². The summed E-state index contributed by atoms with van der Waals surface area (Å²) in [4.78, 5) is 22.4. The van der Waals surface area contributed by atoms with Crippen molar-refractivity contribution >= 4 is 46.2 Å². The Morgan fingerprint density at radius 3 is 2.81 bits per heavy atom. The lowest BCUT2D eigenvalue weighted by Gasteiger charge is -2.16. The molecule has 1 atom stereocenters. The predicted octanol–water partition coefficient (Wildman–Crippen LogP) is 3.81. The van der Waals surface area contributed by atoms with Crippen molar-refractivity contribution in [3.8, 4) is 0 Å². The second-order valence-corrected chi connectivity index (χ2v) is 8.34. The van der Waals surface area contributed by atoms with Gasteiger partial charge in [-0.1, -0.05) is 11.6 Å². The number of hydrogen-bond acceptors (Lipinski definition) is 6. The number of aromatic nitrogens is 1. The lowest BCUT2D eigenvalue weighted by atomic mass is 10.3.